The van der Waals surface area contributed by atoms with Crippen LogP contribution in [-0.4, -0.2) is 32.4 Å². The summed E-state index contributed by atoms with van der Waals surface area (Å²) in [5.41, 5.74) is 3.38. The molecule has 6 nitrogen and oxygen atoms in total. The Bertz CT molecular complexity index is 1130. The highest BCUT2D eigenvalue weighted by atomic mass is 16.4. The number of aliphatic carboxylic acids is 2. The van der Waals surface area contributed by atoms with E-state index in [1.807, 2.05) is 42.5 Å². The minimum absolute atomic E-state index is 0.0763. The molecule has 3 aromatic rings. The number of rotatable bonds is 23. The zero-order chi connectivity index (χ0) is 36.0. The molecule has 3 rings (SSSR count). The van der Waals surface area contributed by atoms with Crippen molar-refractivity contribution < 1.29 is 30.0 Å². The molecule has 3 aromatic carbocycles. The summed E-state index contributed by atoms with van der Waals surface area (Å²) in [6.07, 6.45) is 23.0. The summed E-state index contributed by atoms with van der Waals surface area (Å²) in [6.45, 7) is 4.46. The summed E-state index contributed by atoms with van der Waals surface area (Å²) in [4.78, 5) is 20.4. The van der Waals surface area contributed by atoms with Crippen LogP contribution in [0.1, 0.15) is 165 Å². The fourth-order valence-electron chi connectivity index (χ4n) is 5.73. The molecule has 0 amide bonds. The Kier molecular flexibility index (Phi) is 25.7. The standard InChI is InChI=1S/C19H16O2.2C12H24O2/c20-17-10-6-15(7-11-17)19(14-4-2-1-3-5-14)16-8-12-18(21)13-9-16;2*1-2-3-4-5-6-7-8-9-10-11-12(13)14/h1-13,19-21H;2*2-11H2,1H3,(H,13,14). The molecule has 49 heavy (non-hydrogen) atoms. The summed E-state index contributed by atoms with van der Waals surface area (Å²) < 4.78 is 0. The van der Waals surface area contributed by atoms with Crippen molar-refractivity contribution >= 4 is 11.9 Å². The topological polar surface area (TPSA) is 115 Å². The maximum absolute atomic E-state index is 10.2. The van der Waals surface area contributed by atoms with Crippen molar-refractivity contribution in [3.05, 3.63) is 95.6 Å². The van der Waals surface area contributed by atoms with Crippen molar-refractivity contribution in [1.82, 2.24) is 0 Å². The summed E-state index contributed by atoms with van der Waals surface area (Å²) in [6, 6.07) is 24.7. The van der Waals surface area contributed by atoms with Crippen molar-refractivity contribution in [2.24, 2.45) is 0 Å². The molecule has 0 saturated carbocycles. The van der Waals surface area contributed by atoms with Crippen LogP contribution in [0.15, 0.2) is 78.9 Å². The minimum Gasteiger partial charge on any atom is -0.508 e. The van der Waals surface area contributed by atoms with E-state index in [0.29, 0.717) is 12.8 Å². The predicted octanol–water partition coefficient (Wildman–Crippen LogP) is 12.3. The SMILES string of the molecule is CCCCCCCCCCCC(=O)O.CCCCCCCCCCCC(=O)O.Oc1ccc(C(c2ccccc2)c2ccc(O)cc2)cc1. The van der Waals surface area contributed by atoms with Gasteiger partial charge in [-0.1, -0.05) is 171 Å². The van der Waals surface area contributed by atoms with E-state index in [-0.39, 0.29) is 17.4 Å². The molecule has 0 heterocycles. The number of aromatic hydroxyl groups is 2. The number of hydrogen-bond acceptors (Lipinski definition) is 4. The molecule has 0 saturated heterocycles. The third-order valence-corrected chi connectivity index (χ3v) is 8.57. The van der Waals surface area contributed by atoms with E-state index in [1.165, 1.54) is 95.5 Å². The second kappa shape index (κ2) is 29.1. The van der Waals surface area contributed by atoms with Crippen LogP contribution in [-0.2, 0) is 9.59 Å². The predicted molar refractivity (Wildman–Crippen MR) is 203 cm³/mol. The lowest BCUT2D eigenvalue weighted by molar-refractivity contribution is -0.138. The number of benzene rings is 3. The number of phenolic OH excluding ortho intramolecular Hbond substituents is 2. The Morgan fingerprint density at radius 2 is 0.714 bits per heavy atom. The van der Waals surface area contributed by atoms with Crippen LogP contribution in [0.3, 0.4) is 0 Å². The summed E-state index contributed by atoms with van der Waals surface area (Å²) in [5.74, 6) is -0.721. The normalized spacial score (nSPS) is 10.5. The Morgan fingerprint density at radius 1 is 0.429 bits per heavy atom. The molecule has 0 unspecified atom stereocenters. The number of unbranched alkanes of at least 4 members (excludes halogenated alkanes) is 16. The molecule has 272 valence electrons. The Balaban J connectivity index is 0.000000383. The molecule has 0 fully saturated rings. The van der Waals surface area contributed by atoms with Crippen LogP contribution >= 0.6 is 0 Å². The molecule has 0 aromatic heterocycles. The van der Waals surface area contributed by atoms with Crippen LogP contribution in [0.2, 0.25) is 0 Å². The maximum Gasteiger partial charge on any atom is 0.303 e. The zero-order valence-electron chi connectivity index (χ0n) is 30.3. The van der Waals surface area contributed by atoms with Crippen LogP contribution in [0, 0.1) is 0 Å². The molecular weight excluding hydrogens is 612 g/mol. The van der Waals surface area contributed by atoms with Gasteiger partial charge in [0.15, 0.2) is 0 Å². The van der Waals surface area contributed by atoms with Gasteiger partial charge in [0.1, 0.15) is 11.5 Å². The Hall–Kier alpha value is -3.80. The monoisotopic (exact) mass is 676 g/mol. The maximum atomic E-state index is 10.2. The summed E-state index contributed by atoms with van der Waals surface area (Å²) >= 11 is 0. The van der Waals surface area contributed by atoms with E-state index < -0.39 is 11.9 Å². The Morgan fingerprint density at radius 3 is 1.02 bits per heavy atom. The molecule has 4 N–H and O–H groups in total. The molecule has 0 aliphatic heterocycles. The lowest BCUT2D eigenvalue weighted by Crippen LogP contribution is -2.02. The summed E-state index contributed by atoms with van der Waals surface area (Å²) in [5, 5.41) is 35.8. The fraction of sp³-hybridized carbons (Fsp3) is 0.535. The van der Waals surface area contributed by atoms with Gasteiger partial charge in [-0.05, 0) is 53.8 Å². The van der Waals surface area contributed by atoms with E-state index >= 15 is 0 Å². The van der Waals surface area contributed by atoms with E-state index in [4.69, 9.17) is 10.2 Å². The van der Waals surface area contributed by atoms with Gasteiger partial charge in [-0.15, -0.1) is 0 Å². The lowest BCUT2D eigenvalue weighted by Gasteiger charge is -2.19. The molecule has 0 atom stereocenters. The molecule has 0 bridgehead atoms. The van der Waals surface area contributed by atoms with E-state index in [2.05, 4.69) is 26.0 Å². The van der Waals surface area contributed by atoms with Crippen LogP contribution in [0.5, 0.6) is 11.5 Å². The van der Waals surface area contributed by atoms with Crippen LogP contribution in [0.25, 0.3) is 0 Å². The quantitative estimate of drug-likeness (QED) is 0.0587. The van der Waals surface area contributed by atoms with Gasteiger partial charge in [-0.3, -0.25) is 9.59 Å². The van der Waals surface area contributed by atoms with Crippen molar-refractivity contribution in [2.45, 2.75) is 148 Å². The first kappa shape index (κ1) is 43.2. The molecule has 6 heteroatoms. The molecule has 0 aliphatic carbocycles. The van der Waals surface area contributed by atoms with Gasteiger partial charge in [-0.25, -0.2) is 0 Å². The first-order chi connectivity index (χ1) is 23.8. The smallest absolute Gasteiger partial charge is 0.303 e. The highest BCUT2D eigenvalue weighted by Gasteiger charge is 2.16. The highest BCUT2D eigenvalue weighted by Crippen LogP contribution is 2.33. The van der Waals surface area contributed by atoms with Gasteiger partial charge in [0.25, 0.3) is 0 Å². The molecular formula is C43H64O6. The van der Waals surface area contributed by atoms with Crippen molar-refractivity contribution in [1.29, 1.82) is 0 Å². The van der Waals surface area contributed by atoms with Crippen LogP contribution in [0.4, 0.5) is 0 Å². The molecule has 0 spiro atoms. The first-order valence-corrected chi connectivity index (χ1v) is 18.8. The van der Waals surface area contributed by atoms with Crippen molar-refractivity contribution in [3.8, 4) is 11.5 Å². The number of carboxylic acid groups (broad SMARTS) is 2. The number of carboxylic acids is 2. The minimum atomic E-state index is -0.659. The largest absolute Gasteiger partial charge is 0.508 e. The number of phenols is 2. The number of carbonyl (C=O) groups is 2. The third kappa shape index (κ3) is 23.2. The second-order valence-electron chi connectivity index (χ2n) is 13.0. The van der Waals surface area contributed by atoms with Gasteiger partial charge < -0.3 is 20.4 Å². The van der Waals surface area contributed by atoms with E-state index in [0.717, 1.165) is 36.8 Å². The van der Waals surface area contributed by atoms with Crippen molar-refractivity contribution in [2.75, 3.05) is 0 Å². The van der Waals surface area contributed by atoms with Gasteiger partial charge in [0.05, 0.1) is 0 Å². The second-order valence-corrected chi connectivity index (χ2v) is 13.0. The van der Waals surface area contributed by atoms with Gasteiger partial charge >= 0.3 is 11.9 Å². The van der Waals surface area contributed by atoms with Gasteiger partial charge in [-0.2, -0.15) is 0 Å². The zero-order valence-corrected chi connectivity index (χ0v) is 30.3. The number of hydrogen-bond donors (Lipinski definition) is 4. The summed E-state index contributed by atoms with van der Waals surface area (Å²) in [7, 11) is 0. The van der Waals surface area contributed by atoms with Gasteiger partial charge in [0.2, 0.25) is 0 Å². The van der Waals surface area contributed by atoms with Gasteiger partial charge in [0, 0.05) is 18.8 Å². The fourth-order valence-corrected chi connectivity index (χ4v) is 5.73. The van der Waals surface area contributed by atoms with E-state index in [1.54, 1.807) is 24.3 Å². The van der Waals surface area contributed by atoms with Crippen LogP contribution < -0.4 is 0 Å². The average molecular weight is 677 g/mol. The molecule has 0 aliphatic rings. The molecule has 0 radical (unpaired) electrons. The van der Waals surface area contributed by atoms with Crippen molar-refractivity contribution in [3.63, 3.8) is 0 Å². The Labute approximate surface area is 296 Å². The lowest BCUT2D eigenvalue weighted by atomic mass is 9.85. The average Bonchev–Trinajstić information content (AvgIpc) is 3.09. The first-order valence-electron chi connectivity index (χ1n) is 18.8. The third-order valence-electron chi connectivity index (χ3n) is 8.57. The van der Waals surface area contributed by atoms with E-state index in [9.17, 15) is 19.8 Å². The highest BCUT2D eigenvalue weighted by molar-refractivity contribution is 5.66.